The molecule has 5 fully saturated rings. The Balaban J connectivity index is 1.28. The van der Waals surface area contributed by atoms with Gasteiger partial charge in [-0.05, 0) is 79.9 Å². The minimum Gasteiger partial charge on any atom is -0.295 e. The number of hydrogen-bond acceptors (Lipinski definition) is 3. The molecule has 4 nitrogen and oxygen atoms in total. The van der Waals surface area contributed by atoms with Crippen molar-refractivity contribution in [1.82, 2.24) is 9.21 Å². The summed E-state index contributed by atoms with van der Waals surface area (Å²) in [6.45, 7) is 7.33. The van der Waals surface area contributed by atoms with E-state index in [1.54, 1.807) is 16.4 Å². The monoisotopic (exact) mass is 402 g/mol. The van der Waals surface area contributed by atoms with Crippen molar-refractivity contribution in [1.29, 1.82) is 0 Å². The Kier molecular flexibility index (Phi) is 4.64. The highest BCUT2D eigenvalue weighted by molar-refractivity contribution is 7.89. The summed E-state index contributed by atoms with van der Waals surface area (Å²) >= 11 is 0. The van der Waals surface area contributed by atoms with Crippen LogP contribution in [0.3, 0.4) is 0 Å². The molecule has 4 aliphatic carbocycles. The van der Waals surface area contributed by atoms with E-state index in [2.05, 4.69) is 18.7 Å². The molecule has 1 heterocycles. The predicted octanol–water partition coefficient (Wildman–Crippen LogP) is 4.09. The van der Waals surface area contributed by atoms with Crippen molar-refractivity contribution in [3.8, 4) is 0 Å². The van der Waals surface area contributed by atoms with E-state index in [1.807, 2.05) is 12.1 Å². The first-order valence-electron chi connectivity index (χ1n) is 11.2. The normalized spacial score (nSPS) is 36.3. The summed E-state index contributed by atoms with van der Waals surface area (Å²) in [5.74, 6) is 3.23. The molecule has 0 N–H and O–H groups in total. The van der Waals surface area contributed by atoms with Gasteiger partial charge in [0.25, 0.3) is 0 Å². The third-order valence-electron chi connectivity index (χ3n) is 8.10. The van der Waals surface area contributed by atoms with Crippen molar-refractivity contribution in [3.63, 3.8) is 0 Å². The van der Waals surface area contributed by atoms with E-state index in [4.69, 9.17) is 0 Å². The van der Waals surface area contributed by atoms with Crippen LogP contribution in [0, 0.1) is 17.8 Å². The molecule has 0 aromatic heterocycles. The van der Waals surface area contributed by atoms with E-state index in [0.717, 1.165) is 30.8 Å². The van der Waals surface area contributed by atoms with Crippen molar-refractivity contribution in [2.45, 2.75) is 68.7 Å². The third kappa shape index (κ3) is 3.14. The lowest BCUT2D eigenvalue weighted by Gasteiger charge is -2.61. The molecule has 0 atom stereocenters. The molecular weight excluding hydrogens is 368 g/mol. The van der Waals surface area contributed by atoms with Gasteiger partial charge in [-0.15, -0.1) is 0 Å². The fraction of sp³-hybridized carbons (Fsp3) is 0.739. The van der Waals surface area contributed by atoms with Crippen LogP contribution in [0.1, 0.15) is 63.9 Å². The summed E-state index contributed by atoms with van der Waals surface area (Å²) in [6, 6.07) is 7.50. The maximum atomic E-state index is 13.1. The Morgan fingerprint density at radius 3 is 1.82 bits per heavy atom. The molecule has 6 rings (SSSR count). The van der Waals surface area contributed by atoms with Crippen LogP contribution >= 0.6 is 0 Å². The topological polar surface area (TPSA) is 40.6 Å². The maximum Gasteiger partial charge on any atom is 0.243 e. The molecule has 28 heavy (non-hydrogen) atoms. The fourth-order valence-corrected chi connectivity index (χ4v) is 8.45. The van der Waals surface area contributed by atoms with Gasteiger partial charge in [0, 0.05) is 31.7 Å². The van der Waals surface area contributed by atoms with Crippen LogP contribution in [-0.2, 0) is 10.0 Å². The lowest BCUT2D eigenvalue weighted by molar-refractivity contribution is -0.0964. The maximum absolute atomic E-state index is 13.1. The van der Waals surface area contributed by atoms with Crippen LogP contribution in [0.25, 0.3) is 0 Å². The highest BCUT2D eigenvalue weighted by atomic mass is 32.2. The first-order valence-corrected chi connectivity index (χ1v) is 12.6. The Labute approximate surface area is 170 Å². The summed E-state index contributed by atoms with van der Waals surface area (Å²) in [7, 11) is -3.38. The van der Waals surface area contributed by atoms with Gasteiger partial charge in [0.1, 0.15) is 0 Å². The Morgan fingerprint density at radius 2 is 1.36 bits per heavy atom. The molecular formula is C23H34N2O2S. The second kappa shape index (κ2) is 6.82. The van der Waals surface area contributed by atoms with Gasteiger partial charge >= 0.3 is 0 Å². The SMILES string of the molecule is CC(C)c1ccc(S(=O)(=O)N2CCN(C34CC5CC(CC(C5)C3)C4)CC2)cc1. The molecule has 1 saturated heterocycles. The van der Waals surface area contributed by atoms with Crippen LogP contribution in [0.2, 0.25) is 0 Å². The largest absolute Gasteiger partial charge is 0.295 e. The molecule has 1 aromatic rings. The van der Waals surface area contributed by atoms with Crippen molar-refractivity contribution in [2.24, 2.45) is 17.8 Å². The molecule has 1 aliphatic heterocycles. The molecule has 1 aromatic carbocycles. The van der Waals surface area contributed by atoms with Crippen molar-refractivity contribution in [2.75, 3.05) is 26.2 Å². The lowest BCUT2D eigenvalue weighted by atomic mass is 9.52. The van der Waals surface area contributed by atoms with Crippen LogP contribution < -0.4 is 0 Å². The molecule has 0 spiro atoms. The highest BCUT2D eigenvalue weighted by Gasteiger charge is 2.53. The molecule has 0 radical (unpaired) electrons. The molecule has 0 amide bonds. The summed E-state index contributed by atoms with van der Waals surface area (Å²) in [5.41, 5.74) is 1.58. The van der Waals surface area contributed by atoms with Gasteiger partial charge in [-0.3, -0.25) is 4.90 Å². The van der Waals surface area contributed by atoms with Crippen molar-refractivity contribution in [3.05, 3.63) is 29.8 Å². The first-order chi connectivity index (χ1) is 13.4. The number of piperazine rings is 1. The minimum atomic E-state index is -3.38. The second-order valence-electron chi connectivity index (χ2n) is 10.3. The molecule has 0 unspecified atom stereocenters. The average molecular weight is 403 g/mol. The van der Waals surface area contributed by atoms with E-state index in [9.17, 15) is 8.42 Å². The van der Waals surface area contributed by atoms with Crippen molar-refractivity contribution < 1.29 is 8.42 Å². The molecule has 4 saturated carbocycles. The number of hydrogen-bond donors (Lipinski definition) is 0. The van der Waals surface area contributed by atoms with E-state index in [0.29, 0.717) is 29.4 Å². The zero-order chi connectivity index (χ0) is 19.5. The third-order valence-corrected chi connectivity index (χ3v) is 10.0. The van der Waals surface area contributed by atoms with E-state index in [-0.39, 0.29) is 0 Å². The number of sulfonamides is 1. The van der Waals surface area contributed by atoms with Crippen molar-refractivity contribution >= 4 is 10.0 Å². The zero-order valence-corrected chi connectivity index (χ0v) is 18.1. The average Bonchev–Trinajstić information content (AvgIpc) is 2.67. The van der Waals surface area contributed by atoms with Gasteiger partial charge in [0.15, 0.2) is 0 Å². The number of rotatable bonds is 4. The Bertz CT molecular complexity index is 787. The molecule has 154 valence electrons. The second-order valence-corrected chi connectivity index (χ2v) is 12.2. The van der Waals surface area contributed by atoms with Gasteiger partial charge in [-0.25, -0.2) is 8.42 Å². The van der Waals surface area contributed by atoms with Gasteiger partial charge in [-0.2, -0.15) is 4.31 Å². The Hall–Kier alpha value is -0.910. The van der Waals surface area contributed by atoms with Crippen LogP contribution in [0.5, 0.6) is 0 Å². The predicted molar refractivity (Wildman–Crippen MR) is 112 cm³/mol. The summed E-state index contributed by atoms with van der Waals surface area (Å²) in [4.78, 5) is 3.13. The van der Waals surface area contributed by atoms with E-state index >= 15 is 0 Å². The minimum absolute atomic E-state index is 0.392. The lowest BCUT2D eigenvalue weighted by Crippen LogP contribution is -2.64. The van der Waals surface area contributed by atoms with Gasteiger partial charge in [-0.1, -0.05) is 26.0 Å². The van der Waals surface area contributed by atoms with Gasteiger partial charge in [0.05, 0.1) is 4.90 Å². The first kappa shape index (κ1) is 19.1. The van der Waals surface area contributed by atoms with Gasteiger partial charge in [0.2, 0.25) is 10.0 Å². The Morgan fingerprint density at radius 1 is 0.857 bits per heavy atom. The smallest absolute Gasteiger partial charge is 0.243 e. The zero-order valence-electron chi connectivity index (χ0n) is 17.3. The highest BCUT2D eigenvalue weighted by Crippen LogP contribution is 2.57. The summed E-state index contributed by atoms with van der Waals surface area (Å²) in [5, 5.41) is 0. The van der Waals surface area contributed by atoms with Crippen LogP contribution in [0.15, 0.2) is 29.2 Å². The fourth-order valence-electron chi connectivity index (χ4n) is 7.03. The molecule has 5 aliphatic rings. The number of nitrogens with zero attached hydrogens (tertiary/aromatic N) is 2. The van der Waals surface area contributed by atoms with E-state index < -0.39 is 10.0 Å². The quantitative estimate of drug-likeness (QED) is 0.762. The number of benzene rings is 1. The standard InChI is InChI=1S/C23H34N2O2S/c1-17(2)21-3-5-22(6-4-21)28(26,27)25-9-7-24(8-10-25)23-14-18-11-19(15-23)13-20(12-18)16-23/h3-6,17-20H,7-16H2,1-2H3. The van der Waals surface area contributed by atoms with Crippen LogP contribution in [0.4, 0.5) is 0 Å². The van der Waals surface area contributed by atoms with E-state index in [1.165, 1.54) is 44.1 Å². The molecule has 4 bridgehead atoms. The van der Waals surface area contributed by atoms with Gasteiger partial charge < -0.3 is 0 Å². The van der Waals surface area contributed by atoms with Crippen LogP contribution in [-0.4, -0.2) is 49.3 Å². The summed E-state index contributed by atoms with van der Waals surface area (Å²) < 4.78 is 28.0. The molecule has 5 heteroatoms. The summed E-state index contributed by atoms with van der Waals surface area (Å²) in [6.07, 6.45) is 8.47.